The van der Waals surface area contributed by atoms with Crippen molar-refractivity contribution in [1.29, 1.82) is 0 Å². The van der Waals surface area contributed by atoms with Gasteiger partial charge in [-0.25, -0.2) is 22.0 Å². The molecular formula is C87H112Br2Cl2F8N2O3. The summed E-state index contributed by atoms with van der Waals surface area (Å²) in [5.74, 6) is 3.83. The molecule has 104 heavy (non-hydrogen) atoms. The van der Waals surface area contributed by atoms with Crippen molar-refractivity contribution in [2.75, 3.05) is 20.8 Å². The Kier molecular flexibility index (Phi) is 44.5. The minimum absolute atomic E-state index is 0.0331. The highest BCUT2D eigenvalue weighted by Crippen LogP contribution is 2.35. The predicted molar refractivity (Wildman–Crippen MR) is 430 cm³/mol. The van der Waals surface area contributed by atoms with Gasteiger partial charge in [0.15, 0.2) is 0 Å². The molecule has 0 saturated carbocycles. The second-order valence-electron chi connectivity index (χ2n) is 27.8. The molecule has 0 unspecified atom stereocenters. The number of aromatic nitrogens is 2. The Morgan fingerprint density at radius 3 is 1.28 bits per heavy atom. The SMILES string of the molecule is CC(C)C.CC(C)c1c(F)cccc1F.CC(C)c1cc(C(F)(F)F)ccc1Br.CC(C)c1cc(Cn2cccn2)ccc1Cl.CC(C)c1cc(F)ccc1F.CCOc1ccc(Cl)c(C(C)C)c1.COc1ccc(Br)c(C(C)C)c1.COc1ccc(F)c(C(C)C)c1.Cc1ccc(C)c(C(C)C)c1. The summed E-state index contributed by atoms with van der Waals surface area (Å²) in [7, 11) is 3.27. The Hall–Kier alpha value is -6.65. The summed E-state index contributed by atoms with van der Waals surface area (Å²) in [6.45, 7) is 46.5. The average molecular weight is 1620 g/mol. The van der Waals surface area contributed by atoms with Crippen molar-refractivity contribution in [2.24, 2.45) is 5.92 Å². The fourth-order valence-electron chi connectivity index (χ4n) is 9.68. The number of methoxy groups -OCH3 is 2. The van der Waals surface area contributed by atoms with Crippen LogP contribution < -0.4 is 14.2 Å². The van der Waals surface area contributed by atoms with Crippen molar-refractivity contribution in [2.45, 2.75) is 212 Å². The Balaban J connectivity index is 0.000000591. The van der Waals surface area contributed by atoms with Crippen LogP contribution in [-0.4, -0.2) is 30.6 Å². The largest absolute Gasteiger partial charge is 0.497 e. The first kappa shape index (κ1) is 95.4. The van der Waals surface area contributed by atoms with Crippen LogP contribution in [0.1, 0.15) is 253 Å². The Bertz CT molecular complexity index is 3790. The second kappa shape index (κ2) is 48.5. The van der Waals surface area contributed by atoms with E-state index in [0.29, 0.717) is 52.7 Å². The van der Waals surface area contributed by atoms with Gasteiger partial charge in [0.25, 0.3) is 0 Å². The van der Waals surface area contributed by atoms with E-state index < -0.39 is 23.4 Å². The van der Waals surface area contributed by atoms with E-state index in [0.717, 1.165) is 66.7 Å². The maximum Gasteiger partial charge on any atom is 0.416 e. The number of nitrogens with zero attached hydrogens (tertiary/aromatic N) is 2. The summed E-state index contributed by atoms with van der Waals surface area (Å²) < 4.78 is 121. The van der Waals surface area contributed by atoms with Gasteiger partial charge < -0.3 is 14.2 Å². The number of benzene rings is 8. The van der Waals surface area contributed by atoms with E-state index in [-0.39, 0.29) is 46.7 Å². The summed E-state index contributed by atoms with van der Waals surface area (Å²) in [5.41, 5.74) is 10.5. The summed E-state index contributed by atoms with van der Waals surface area (Å²) >= 11 is 18.9. The number of hydrogen-bond acceptors (Lipinski definition) is 4. The van der Waals surface area contributed by atoms with E-state index in [9.17, 15) is 35.1 Å². The monoisotopic (exact) mass is 1610 g/mol. The van der Waals surface area contributed by atoms with Crippen molar-refractivity contribution in [1.82, 2.24) is 9.78 Å². The zero-order valence-corrected chi connectivity index (χ0v) is 70.0. The van der Waals surface area contributed by atoms with Gasteiger partial charge in [-0.15, -0.1) is 0 Å². The predicted octanol–water partition coefficient (Wildman–Crippen LogP) is 30.0. The molecule has 0 aliphatic carbocycles. The molecule has 0 aliphatic rings. The third-order valence-electron chi connectivity index (χ3n) is 15.3. The van der Waals surface area contributed by atoms with Crippen molar-refractivity contribution >= 4 is 55.1 Å². The fraction of sp³-hybridized carbons (Fsp3) is 0.414. The number of ether oxygens (including phenoxy) is 3. The van der Waals surface area contributed by atoms with Crippen LogP contribution in [0.2, 0.25) is 10.0 Å². The molecule has 0 aliphatic heterocycles. The van der Waals surface area contributed by atoms with Crippen LogP contribution in [0.4, 0.5) is 35.1 Å². The molecule has 0 spiro atoms. The lowest BCUT2D eigenvalue weighted by Gasteiger charge is -2.12. The van der Waals surface area contributed by atoms with Crippen molar-refractivity contribution in [3.63, 3.8) is 0 Å². The number of alkyl halides is 3. The standard InChI is InChI=1S/C13H15ClN2.C11H15ClO.C11H16.C10H10BrF3.C10H13BrO.C10H13FO.2C9H10F2.C4H10/c1-10(2)12-8-11(4-5-13(12)14)9-16-7-3-6-15-16;1-4-13-9-5-6-11(12)10(7-9)8(2)3;1-8(2)11-7-9(3)5-6-10(11)4;1-6(2)8-5-7(10(12,13)14)3-4-9(8)11;2*1-7(2)9-6-8(12-3)4-5-10(9)11;1-6(2)8-5-7(10)3-4-9(8)11;1-6(2)9-7(10)4-3-5-8(9)11;1-4(2)3/h3-8,10H,9H2,1-2H3;5-8H,4H2,1-3H3;5-8H,1-4H3;3-6H,1-2H3;2*4-7H,1-3H3;2*3-6H,1-2H3;4H,1-3H3. The van der Waals surface area contributed by atoms with Gasteiger partial charge in [0.1, 0.15) is 46.3 Å². The van der Waals surface area contributed by atoms with E-state index in [1.54, 1.807) is 46.4 Å². The van der Waals surface area contributed by atoms with Crippen LogP contribution in [0.15, 0.2) is 173 Å². The van der Waals surface area contributed by atoms with Crippen LogP contribution in [0, 0.1) is 48.9 Å². The first-order chi connectivity index (χ1) is 48.5. The molecule has 0 saturated heterocycles. The topological polar surface area (TPSA) is 45.5 Å². The highest BCUT2D eigenvalue weighted by atomic mass is 79.9. The van der Waals surface area contributed by atoms with Crippen LogP contribution in [0.5, 0.6) is 17.2 Å². The molecule has 0 radical (unpaired) electrons. The highest BCUT2D eigenvalue weighted by Gasteiger charge is 2.31. The van der Waals surface area contributed by atoms with Gasteiger partial charge in [-0.1, -0.05) is 229 Å². The smallest absolute Gasteiger partial charge is 0.416 e. The molecule has 0 amide bonds. The van der Waals surface area contributed by atoms with Crippen LogP contribution >= 0.6 is 55.1 Å². The molecule has 17 heteroatoms. The Morgan fingerprint density at radius 1 is 0.433 bits per heavy atom. The summed E-state index contributed by atoms with van der Waals surface area (Å²) in [6, 6.07) is 42.6. The molecule has 1 heterocycles. The lowest BCUT2D eigenvalue weighted by molar-refractivity contribution is -0.137. The molecular weight excluding hydrogens is 1500 g/mol. The van der Waals surface area contributed by atoms with Gasteiger partial charge in [-0.2, -0.15) is 18.3 Å². The van der Waals surface area contributed by atoms with E-state index >= 15 is 0 Å². The van der Waals surface area contributed by atoms with Crippen LogP contribution in [0.3, 0.4) is 0 Å². The third-order valence-corrected chi connectivity index (χ3v) is 17.4. The Morgan fingerprint density at radius 2 is 0.856 bits per heavy atom. The Labute approximate surface area is 645 Å². The maximum absolute atomic E-state index is 13.1. The van der Waals surface area contributed by atoms with E-state index in [1.807, 2.05) is 102 Å². The minimum atomic E-state index is -4.26. The zero-order valence-electron chi connectivity index (χ0n) is 65.4. The third kappa shape index (κ3) is 35.6. The van der Waals surface area contributed by atoms with Gasteiger partial charge in [0.05, 0.1) is 32.9 Å². The number of hydrogen-bond donors (Lipinski definition) is 0. The molecule has 572 valence electrons. The second-order valence-corrected chi connectivity index (χ2v) is 30.3. The normalized spacial score (nSPS) is 10.8. The van der Waals surface area contributed by atoms with Gasteiger partial charge in [-0.3, -0.25) is 4.68 Å². The van der Waals surface area contributed by atoms with E-state index in [1.165, 1.54) is 75.8 Å². The summed E-state index contributed by atoms with van der Waals surface area (Å²) in [4.78, 5) is 0. The van der Waals surface area contributed by atoms with Gasteiger partial charge >= 0.3 is 6.18 Å². The lowest BCUT2D eigenvalue weighted by Crippen LogP contribution is -2.06. The van der Waals surface area contributed by atoms with Gasteiger partial charge in [0.2, 0.25) is 0 Å². The van der Waals surface area contributed by atoms with Crippen molar-refractivity contribution in [3.05, 3.63) is 279 Å². The molecule has 0 fully saturated rings. The number of halogens is 12. The molecule has 9 aromatic rings. The summed E-state index contributed by atoms with van der Waals surface area (Å²) in [5, 5.41) is 5.86. The quantitative estimate of drug-likeness (QED) is 0.102. The molecule has 0 N–H and O–H groups in total. The zero-order chi connectivity index (χ0) is 79.5. The molecule has 1 aromatic heterocycles. The number of rotatable bonds is 14. The summed E-state index contributed by atoms with van der Waals surface area (Å²) in [6.07, 6.45) is -0.507. The molecule has 0 bridgehead atoms. The van der Waals surface area contributed by atoms with Crippen LogP contribution in [-0.2, 0) is 12.7 Å². The number of aryl methyl sites for hydroxylation is 2. The highest BCUT2D eigenvalue weighted by molar-refractivity contribution is 9.10. The molecule has 5 nitrogen and oxygen atoms in total. The van der Waals surface area contributed by atoms with E-state index in [2.05, 4.69) is 163 Å². The van der Waals surface area contributed by atoms with Gasteiger partial charge in [0, 0.05) is 36.9 Å². The van der Waals surface area contributed by atoms with Gasteiger partial charge in [-0.05, 0) is 239 Å². The maximum atomic E-state index is 13.1. The fourth-order valence-corrected chi connectivity index (χ4v) is 11.8. The van der Waals surface area contributed by atoms with Crippen molar-refractivity contribution < 1.29 is 49.3 Å². The van der Waals surface area contributed by atoms with Crippen LogP contribution in [0.25, 0.3) is 0 Å². The first-order valence-electron chi connectivity index (χ1n) is 35.2. The minimum Gasteiger partial charge on any atom is -0.497 e. The first-order valence-corrected chi connectivity index (χ1v) is 37.5. The lowest BCUT2D eigenvalue weighted by atomic mass is 9.96. The molecule has 9 rings (SSSR count). The molecule has 0 atom stereocenters. The molecule has 8 aromatic carbocycles. The average Bonchev–Trinajstić information content (AvgIpc) is 1.17. The van der Waals surface area contributed by atoms with E-state index in [4.69, 9.17) is 37.4 Å². The van der Waals surface area contributed by atoms with Crippen molar-refractivity contribution in [3.8, 4) is 17.2 Å².